The highest BCUT2D eigenvalue weighted by atomic mass is 19.1. The van der Waals surface area contributed by atoms with Crippen LogP contribution in [0.2, 0.25) is 0 Å². The molecule has 2 bridgehead atoms. The molecule has 3 N–H and O–H groups in total. The highest BCUT2D eigenvalue weighted by Crippen LogP contribution is 2.37. The molecule has 2 aliphatic heterocycles. The maximum Gasteiger partial charge on any atom is 0.258 e. The Morgan fingerprint density at radius 1 is 1.34 bits per heavy atom. The smallest absolute Gasteiger partial charge is 0.258 e. The zero-order valence-electron chi connectivity index (χ0n) is 17.2. The highest BCUT2D eigenvalue weighted by Gasteiger charge is 2.29. The molecule has 3 aromatic rings. The minimum atomic E-state index is -0.627. The standard InChI is InChI=1S/C21H18FN9O/c1-11-13-8-12(22)5-6-15(13)31-17(4-3-7-26-31)28-20-18(16(9-23)30(2)29-20)14-10-25-19(24)21(27-14)32-11/h3-8,10-11,17H,1-2H3,(H2,24,25)(H,28,29). The lowest BCUT2D eigenvalue weighted by Crippen LogP contribution is -2.38. The van der Waals surface area contributed by atoms with Crippen molar-refractivity contribution in [2.24, 2.45) is 12.1 Å². The van der Waals surface area contributed by atoms with Gasteiger partial charge in [-0.2, -0.15) is 15.5 Å². The van der Waals surface area contributed by atoms with Gasteiger partial charge in [0.05, 0.1) is 23.1 Å². The number of benzene rings is 1. The van der Waals surface area contributed by atoms with Crippen molar-refractivity contribution >= 4 is 23.5 Å². The lowest BCUT2D eigenvalue weighted by molar-refractivity contribution is 0.218. The quantitative estimate of drug-likeness (QED) is 0.556. The number of hydrogen-bond donors (Lipinski definition) is 2. The molecular weight excluding hydrogens is 413 g/mol. The molecule has 2 aliphatic rings. The Kier molecular flexibility index (Phi) is 4.48. The molecule has 0 radical (unpaired) electrons. The van der Waals surface area contributed by atoms with Crippen molar-refractivity contribution in [3.63, 3.8) is 0 Å². The molecule has 0 saturated carbocycles. The molecule has 32 heavy (non-hydrogen) atoms. The first-order valence-corrected chi connectivity index (χ1v) is 9.79. The van der Waals surface area contributed by atoms with Gasteiger partial charge in [-0.25, -0.2) is 19.4 Å². The van der Waals surface area contributed by atoms with Crippen LogP contribution in [0.5, 0.6) is 5.88 Å². The topological polar surface area (TPSA) is 130 Å². The predicted molar refractivity (Wildman–Crippen MR) is 116 cm³/mol. The van der Waals surface area contributed by atoms with E-state index in [1.54, 1.807) is 37.3 Å². The summed E-state index contributed by atoms with van der Waals surface area (Å²) in [6.07, 6.45) is 5.66. The van der Waals surface area contributed by atoms with Crippen LogP contribution in [0.25, 0.3) is 11.3 Å². The number of ether oxygens (including phenoxy) is 1. The molecular formula is C21H18FN9O. The number of nitrogens with one attached hydrogen (secondary N) is 1. The van der Waals surface area contributed by atoms with E-state index in [0.29, 0.717) is 34.0 Å². The van der Waals surface area contributed by atoms with Gasteiger partial charge in [0.25, 0.3) is 5.88 Å². The molecule has 5 rings (SSSR count). The molecule has 160 valence electrons. The van der Waals surface area contributed by atoms with Crippen LogP contribution in [-0.2, 0) is 7.05 Å². The van der Waals surface area contributed by atoms with E-state index in [4.69, 9.17) is 10.5 Å². The van der Waals surface area contributed by atoms with Crippen molar-refractivity contribution in [3.05, 3.63) is 53.6 Å². The van der Waals surface area contributed by atoms with Gasteiger partial charge in [0, 0.05) is 18.8 Å². The number of nitrogens with two attached hydrogens (primary N) is 1. The monoisotopic (exact) mass is 431 g/mol. The number of halogens is 1. The van der Waals surface area contributed by atoms with Crippen LogP contribution >= 0.6 is 0 Å². The van der Waals surface area contributed by atoms with Gasteiger partial charge in [0.15, 0.2) is 11.6 Å². The largest absolute Gasteiger partial charge is 0.467 e. The maximum atomic E-state index is 14.2. The Morgan fingerprint density at radius 2 is 2.19 bits per heavy atom. The van der Waals surface area contributed by atoms with E-state index in [9.17, 15) is 9.65 Å². The first-order valence-electron chi connectivity index (χ1n) is 9.79. The van der Waals surface area contributed by atoms with Crippen molar-refractivity contribution in [2.45, 2.75) is 19.2 Å². The van der Waals surface area contributed by atoms with Crippen LogP contribution in [-0.4, -0.2) is 32.1 Å². The lowest BCUT2D eigenvalue weighted by atomic mass is 10.1. The third-order valence-electron chi connectivity index (χ3n) is 5.26. The van der Waals surface area contributed by atoms with Gasteiger partial charge in [-0.1, -0.05) is 0 Å². The maximum absolute atomic E-state index is 14.2. The van der Waals surface area contributed by atoms with Crippen LogP contribution in [0, 0.1) is 17.1 Å². The molecule has 0 aliphatic carbocycles. The number of aryl methyl sites for hydroxylation is 1. The Labute approximate surface area is 182 Å². The molecule has 11 heteroatoms. The van der Waals surface area contributed by atoms with Crippen LogP contribution in [0.3, 0.4) is 0 Å². The SMILES string of the molecule is CC1Oc2nc(cnc2N)-c2c(nn(C)c2C#N)NC2C=CC=NN2c2ccc(F)cc21. The van der Waals surface area contributed by atoms with Crippen LogP contribution < -0.4 is 20.8 Å². The average Bonchev–Trinajstić information content (AvgIpc) is 3.09. The molecule has 2 aromatic heterocycles. The molecule has 10 nitrogen and oxygen atoms in total. The Hall–Kier alpha value is -4.46. The second kappa shape index (κ2) is 7.35. The Balaban J connectivity index is 1.78. The molecule has 2 unspecified atom stereocenters. The summed E-state index contributed by atoms with van der Waals surface area (Å²) < 4.78 is 21.7. The highest BCUT2D eigenvalue weighted by molar-refractivity contribution is 5.80. The summed E-state index contributed by atoms with van der Waals surface area (Å²) in [5.74, 6) is 0.140. The zero-order valence-corrected chi connectivity index (χ0v) is 17.2. The van der Waals surface area contributed by atoms with Gasteiger partial charge >= 0.3 is 0 Å². The van der Waals surface area contributed by atoms with Gasteiger partial charge in [0.2, 0.25) is 0 Å². The van der Waals surface area contributed by atoms with Crippen LogP contribution in [0.1, 0.15) is 24.3 Å². The van der Waals surface area contributed by atoms with Crippen LogP contribution in [0.15, 0.2) is 41.6 Å². The number of aromatic nitrogens is 4. The Morgan fingerprint density at radius 3 is 3.00 bits per heavy atom. The summed E-state index contributed by atoms with van der Waals surface area (Å²) in [6.45, 7) is 1.76. The first kappa shape index (κ1) is 19.5. The summed E-state index contributed by atoms with van der Waals surface area (Å²) >= 11 is 0. The fourth-order valence-electron chi connectivity index (χ4n) is 3.76. The molecule has 0 spiro atoms. The van der Waals surface area contributed by atoms with Gasteiger partial charge < -0.3 is 15.8 Å². The summed E-state index contributed by atoms with van der Waals surface area (Å²) in [7, 11) is 1.67. The summed E-state index contributed by atoms with van der Waals surface area (Å²) in [4.78, 5) is 8.71. The van der Waals surface area contributed by atoms with Crippen molar-refractivity contribution < 1.29 is 9.13 Å². The lowest BCUT2D eigenvalue weighted by Gasteiger charge is -2.32. The van der Waals surface area contributed by atoms with Gasteiger partial charge in [0.1, 0.15) is 29.9 Å². The number of nitrogen functional groups attached to an aromatic ring is 1. The second-order valence-electron chi connectivity index (χ2n) is 7.30. The van der Waals surface area contributed by atoms with E-state index in [2.05, 4.69) is 31.6 Å². The number of hydrazone groups is 1. The number of nitriles is 1. The van der Waals surface area contributed by atoms with Crippen molar-refractivity contribution in [1.82, 2.24) is 19.7 Å². The minimum Gasteiger partial charge on any atom is -0.467 e. The second-order valence-corrected chi connectivity index (χ2v) is 7.30. The van der Waals surface area contributed by atoms with Crippen molar-refractivity contribution in [2.75, 3.05) is 16.1 Å². The molecule has 0 fully saturated rings. The van der Waals surface area contributed by atoms with Crippen LogP contribution in [0.4, 0.5) is 21.7 Å². The number of allylic oxidation sites excluding steroid dienone is 1. The summed E-state index contributed by atoms with van der Waals surface area (Å²) in [5.41, 5.74) is 8.30. The van der Waals surface area contributed by atoms with E-state index in [0.717, 1.165) is 0 Å². The number of fused-ring (bicyclic) bond motifs is 7. The minimum absolute atomic E-state index is 0.0723. The fraction of sp³-hybridized carbons (Fsp3) is 0.190. The third kappa shape index (κ3) is 3.09. The predicted octanol–water partition coefficient (Wildman–Crippen LogP) is 2.72. The molecule has 1 aromatic carbocycles. The normalized spacial score (nSPS) is 18.8. The number of anilines is 3. The van der Waals surface area contributed by atoms with E-state index in [-0.39, 0.29) is 11.7 Å². The van der Waals surface area contributed by atoms with E-state index < -0.39 is 18.1 Å². The Bertz CT molecular complexity index is 1320. The molecule has 0 saturated heterocycles. The fourth-order valence-corrected chi connectivity index (χ4v) is 3.76. The molecule has 2 atom stereocenters. The first-order chi connectivity index (χ1) is 15.5. The number of nitrogens with zero attached hydrogens (tertiary/aromatic N) is 7. The van der Waals surface area contributed by atoms with Gasteiger partial charge in [-0.15, -0.1) is 0 Å². The van der Waals surface area contributed by atoms with Gasteiger partial charge in [-0.05, 0) is 37.3 Å². The average molecular weight is 431 g/mol. The van der Waals surface area contributed by atoms with Gasteiger partial charge in [-0.3, -0.25) is 4.68 Å². The van der Waals surface area contributed by atoms with Crippen molar-refractivity contribution in [3.8, 4) is 23.2 Å². The number of rotatable bonds is 0. The van der Waals surface area contributed by atoms with E-state index >= 15 is 0 Å². The number of hydrogen-bond acceptors (Lipinski definition) is 9. The molecule has 4 heterocycles. The third-order valence-corrected chi connectivity index (χ3v) is 5.26. The summed E-state index contributed by atoms with van der Waals surface area (Å²) in [6, 6.07) is 6.54. The molecule has 0 amide bonds. The van der Waals surface area contributed by atoms with Crippen molar-refractivity contribution in [1.29, 1.82) is 5.26 Å². The van der Waals surface area contributed by atoms with E-state index in [1.807, 2.05) is 6.08 Å². The zero-order chi connectivity index (χ0) is 22.4. The van der Waals surface area contributed by atoms with E-state index in [1.165, 1.54) is 23.0 Å². The summed E-state index contributed by atoms with van der Waals surface area (Å²) in [5, 5.41) is 23.7.